The summed E-state index contributed by atoms with van der Waals surface area (Å²) in [7, 11) is 0. The molecule has 0 saturated heterocycles. The first-order valence-electron chi connectivity index (χ1n) is 5.69. The first-order valence-corrected chi connectivity index (χ1v) is 6.50. The highest BCUT2D eigenvalue weighted by Gasteiger charge is 2.14. The van der Waals surface area contributed by atoms with Crippen molar-refractivity contribution in [1.29, 1.82) is 0 Å². The highest BCUT2D eigenvalue weighted by molar-refractivity contribution is 6.31. The van der Waals surface area contributed by atoms with Crippen LogP contribution in [0, 0.1) is 0 Å². The van der Waals surface area contributed by atoms with Gasteiger partial charge in [0.05, 0.1) is 12.0 Å². The molecule has 1 rings (SSSR count). The van der Waals surface area contributed by atoms with Gasteiger partial charge in [0.2, 0.25) is 0 Å². The second-order valence-corrected chi connectivity index (χ2v) is 4.64. The molecule has 0 radical (unpaired) electrons. The zero-order valence-electron chi connectivity index (χ0n) is 9.79. The Morgan fingerprint density at radius 1 is 1.47 bits per heavy atom. The summed E-state index contributed by atoms with van der Waals surface area (Å²) in [6.07, 6.45) is 2.95. The number of benzene rings is 1. The van der Waals surface area contributed by atoms with Crippen molar-refractivity contribution in [3.8, 4) is 5.75 Å². The van der Waals surface area contributed by atoms with E-state index in [2.05, 4.69) is 0 Å². The van der Waals surface area contributed by atoms with Gasteiger partial charge in [-0.25, -0.2) is 0 Å². The lowest BCUT2D eigenvalue weighted by atomic mass is 10.1. The Morgan fingerprint density at radius 3 is 2.88 bits per heavy atom. The predicted octanol–water partition coefficient (Wildman–Crippen LogP) is 4.39. The minimum atomic E-state index is -0.171. The van der Waals surface area contributed by atoms with Gasteiger partial charge in [0, 0.05) is 17.0 Å². The van der Waals surface area contributed by atoms with E-state index in [9.17, 15) is 4.79 Å². The second kappa shape index (κ2) is 7.57. The molecule has 0 aromatic heterocycles. The predicted molar refractivity (Wildman–Crippen MR) is 71.1 cm³/mol. The zero-order chi connectivity index (χ0) is 12.7. The number of rotatable bonds is 7. The molecule has 0 fully saturated rings. The van der Waals surface area contributed by atoms with Crippen molar-refractivity contribution >= 4 is 29.5 Å². The van der Waals surface area contributed by atoms with Gasteiger partial charge < -0.3 is 9.53 Å². The molecule has 0 spiro atoms. The van der Waals surface area contributed by atoms with Crippen LogP contribution in [0.2, 0.25) is 5.02 Å². The Morgan fingerprint density at radius 2 is 2.24 bits per heavy atom. The average molecular weight is 275 g/mol. The molecule has 4 heteroatoms. The molecule has 0 amide bonds. The van der Waals surface area contributed by atoms with E-state index in [-0.39, 0.29) is 5.38 Å². The maximum Gasteiger partial charge on any atom is 0.124 e. The lowest BCUT2D eigenvalue weighted by molar-refractivity contribution is -0.107. The van der Waals surface area contributed by atoms with E-state index in [0.717, 1.165) is 30.4 Å². The van der Waals surface area contributed by atoms with Crippen molar-refractivity contribution in [3.63, 3.8) is 0 Å². The summed E-state index contributed by atoms with van der Waals surface area (Å²) in [5, 5.41) is 0.472. The number of alkyl halides is 1. The van der Waals surface area contributed by atoms with Gasteiger partial charge in [0.1, 0.15) is 12.0 Å². The molecule has 2 nitrogen and oxygen atoms in total. The fourth-order valence-electron chi connectivity index (χ4n) is 1.59. The molecule has 0 heterocycles. The third kappa shape index (κ3) is 4.57. The smallest absolute Gasteiger partial charge is 0.124 e. The quantitative estimate of drug-likeness (QED) is 0.419. The van der Waals surface area contributed by atoms with Gasteiger partial charge in [-0.1, -0.05) is 11.6 Å². The number of hydrogen-bond donors (Lipinski definition) is 0. The van der Waals surface area contributed by atoms with E-state index >= 15 is 0 Å². The van der Waals surface area contributed by atoms with Crippen LogP contribution in [0.4, 0.5) is 0 Å². The lowest BCUT2D eigenvalue weighted by Crippen LogP contribution is -1.99. The number of unbranched alkanes of at least 4 members (excludes halogenated alkanes) is 1. The van der Waals surface area contributed by atoms with Crippen molar-refractivity contribution in [2.75, 3.05) is 6.61 Å². The Bertz CT molecular complexity index is 366. The molecule has 17 heavy (non-hydrogen) atoms. The third-order valence-corrected chi connectivity index (χ3v) is 3.08. The minimum Gasteiger partial charge on any atom is -0.494 e. The summed E-state index contributed by atoms with van der Waals surface area (Å²) in [4.78, 5) is 10.3. The fourth-order valence-corrected chi connectivity index (χ4v) is 2.09. The normalized spacial score (nSPS) is 12.2. The molecule has 0 aliphatic heterocycles. The van der Waals surface area contributed by atoms with Crippen LogP contribution in [0.25, 0.3) is 0 Å². The van der Waals surface area contributed by atoms with Gasteiger partial charge in [-0.15, -0.1) is 11.6 Å². The maximum absolute atomic E-state index is 10.3. The van der Waals surface area contributed by atoms with Gasteiger partial charge in [0.15, 0.2) is 0 Å². The summed E-state index contributed by atoms with van der Waals surface area (Å²) in [5.41, 5.74) is 0.895. The number of carbonyl (C=O) groups excluding carboxylic acids is 1. The van der Waals surface area contributed by atoms with Gasteiger partial charge in [-0.2, -0.15) is 0 Å². The molecule has 1 atom stereocenters. The molecular formula is C13H16Cl2O2. The van der Waals surface area contributed by atoms with Crippen molar-refractivity contribution in [3.05, 3.63) is 28.8 Å². The van der Waals surface area contributed by atoms with Crippen LogP contribution in [0.1, 0.15) is 37.1 Å². The molecule has 1 aromatic rings. The van der Waals surface area contributed by atoms with Crippen LogP contribution in [-0.2, 0) is 4.79 Å². The van der Waals surface area contributed by atoms with Crippen molar-refractivity contribution < 1.29 is 9.53 Å². The number of aldehydes is 1. The number of hydrogen-bond acceptors (Lipinski definition) is 2. The minimum absolute atomic E-state index is 0.171. The topological polar surface area (TPSA) is 26.3 Å². The Labute approximate surface area is 112 Å². The largest absolute Gasteiger partial charge is 0.494 e. The number of halogens is 2. The molecule has 0 aliphatic rings. The monoisotopic (exact) mass is 274 g/mol. The second-order valence-electron chi connectivity index (χ2n) is 3.68. The fraction of sp³-hybridized carbons (Fsp3) is 0.462. The van der Waals surface area contributed by atoms with Gasteiger partial charge in [-0.05, 0) is 38.0 Å². The van der Waals surface area contributed by atoms with Gasteiger partial charge in [-0.3, -0.25) is 0 Å². The summed E-state index contributed by atoms with van der Waals surface area (Å²) in [6, 6.07) is 5.44. The molecule has 0 saturated carbocycles. The van der Waals surface area contributed by atoms with Crippen LogP contribution in [0.5, 0.6) is 5.75 Å². The van der Waals surface area contributed by atoms with Crippen LogP contribution in [0.15, 0.2) is 18.2 Å². The molecule has 0 aliphatic carbocycles. The van der Waals surface area contributed by atoms with Gasteiger partial charge in [0.25, 0.3) is 0 Å². The van der Waals surface area contributed by atoms with Crippen LogP contribution in [0.3, 0.4) is 0 Å². The molecule has 0 N–H and O–H groups in total. The summed E-state index contributed by atoms with van der Waals surface area (Å²) >= 11 is 12.3. The third-order valence-electron chi connectivity index (χ3n) is 2.39. The van der Waals surface area contributed by atoms with Crippen molar-refractivity contribution in [2.24, 2.45) is 0 Å². The highest BCUT2D eigenvalue weighted by atomic mass is 35.5. The first-order chi connectivity index (χ1) is 8.19. The Hall–Kier alpha value is -0.730. The molecule has 1 aromatic carbocycles. The highest BCUT2D eigenvalue weighted by Crippen LogP contribution is 2.35. The SMILES string of the molecule is CCOc1ccc(Cl)cc1C(Cl)CCCC=O. The molecule has 94 valence electrons. The zero-order valence-corrected chi connectivity index (χ0v) is 11.3. The summed E-state index contributed by atoms with van der Waals surface area (Å²) in [6.45, 7) is 2.51. The number of carbonyl (C=O) groups is 1. The molecule has 1 unspecified atom stereocenters. The Balaban J connectivity index is 2.78. The lowest BCUT2D eigenvalue weighted by Gasteiger charge is -2.15. The summed E-state index contributed by atoms with van der Waals surface area (Å²) in [5.74, 6) is 0.767. The van der Waals surface area contributed by atoms with E-state index in [1.54, 1.807) is 6.07 Å². The van der Waals surface area contributed by atoms with Crippen LogP contribution < -0.4 is 4.74 Å². The maximum atomic E-state index is 10.3. The van der Waals surface area contributed by atoms with E-state index in [0.29, 0.717) is 18.1 Å². The summed E-state index contributed by atoms with van der Waals surface area (Å²) < 4.78 is 5.51. The number of ether oxygens (including phenoxy) is 1. The van der Waals surface area contributed by atoms with Gasteiger partial charge >= 0.3 is 0 Å². The van der Waals surface area contributed by atoms with E-state index in [4.69, 9.17) is 27.9 Å². The van der Waals surface area contributed by atoms with Crippen LogP contribution >= 0.6 is 23.2 Å². The van der Waals surface area contributed by atoms with E-state index in [1.807, 2.05) is 19.1 Å². The molecule has 0 bridgehead atoms. The average Bonchev–Trinajstić information content (AvgIpc) is 2.32. The van der Waals surface area contributed by atoms with E-state index < -0.39 is 0 Å². The van der Waals surface area contributed by atoms with Crippen molar-refractivity contribution in [2.45, 2.75) is 31.6 Å². The van der Waals surface area contributed by atoms with Crippen molar-refractivity contribution in [1.82, 2.24) is 0 Å². The molecular weight excluding hydrogens is 259 g/mol. The van der Waals surface area contributed by atoms with E-state index in [1.165, 1.54) is 0 Å². The first kappa shape index (κ1) is 14.3. The van der Waals surface area contributed by atoms with Crippen LogP contribution in [-0.4, -0.2) is 12.9 Å². The Kier molecular flexibility index (Phi) is 6.38. The standard InChI is InChI=1S/C13H16Cl2O2/c1-2-17-13-7-6-10(14)9-11(13)12(15)5-3-4-8-16/h6-9,12H,2-5H2,1H3.